The lowest BCUT2D eigenvalue weighted by atomic mass is 9.83. The normalized spacial score (nSPS) is 27.4. The van der Waals surface area contributed by atoms with E-state index in [0.29, 0.717) is 25.1 Å². The van der Waals surface area contributed by atoms with Crippen LogP contribution in [0, 0.1) is 9.39 Å². The molecule has 150 valence electrons. The molecule has 5 nitrogen and oxygen atoms in total. The van der Waals surface area contributed by atoms with E-state index >= 15 is 0 Å². The maximum absolute atomic E-state index is 13.8. The summed E-state index contributed by atoms with van der Waals surface area (Å²) in [5.41, 5.74) is 1.09. The van der Waals surface area contributed by atoms with E-state index in [2.05, 4.69) is 63.4 Å². The van der Waals surface area contributed by atoms with Gasteiger partial charge >= 0.3 is 10.2 Å². The quantitative estimate of drug-likeness (QED) is 0.637. The molecule has 28 heavy (non-hydrogen) atoms. The van der Waals surface area contributed by atoms with Gasteiger partial charge in [0.25, 0.3) is 0 Å². The minimum Gasteiger partial charge on any atom is -0.296 e. The van der Waals surface area contributed by atoms with Crippen molar-refractivity contribution in [1.29, 1.82) is 0 Å². The molecule has 4 rings (SSSR count). The summed E-state index contributed by atoms with van der Waals surface area (Å²) in [6.45, 7) is 4.13. The molecule has 0 radical (unpaired) electrons. The van der Waals surface area contributed by atoms with Crippen molar-refractivity contribution in [1.82, 2.24) is 9.62 Å². The van der Waals surface area contributed by atoms with Crippen LogP contribution in [-0.4, -0.2) is 38.0 Å². The molecule has 2 aliphatic heterocycles. The second kappa shape index (κ2) is 7.55. The highest BCUT2D eigenvalue weighted by atomic mass is 127. The van der Waals surface area contributed by atoms with Gasteiger partial charge in [-0.15, -0.1) is 0 Å². The summed E-state index contributed by atoms with van der Waals surface area (Å²) in [5, 5.41) is 0. The first kappa shape index (κ1) is 20.1. The number of likely N-dealkylation sites (tertiary alicyclic amines) is 1. The fourth-order valence-corrected chi connectivity index (χ4v) is 6.75. The van der Waals surface area contributed by atoms with Crippen LogP contribution in [-0.2, 0) is 16.8 Å². The predicted octanol–water partition coefficient (Wildman–Crippen LogP) is 3.51. The molecule has 8 heteroatoms. The predicted molar refractivity (Wildman–Crippen MR) is 117 cm³/mol. The lowest BCUT2D eigenvalue weighted by molar-refractivity contribution is 0.106. The Morgan fingerprint density at radius 3 is 2.75 bits per heavy atom. The molecule has 0 amide bonds. The maximum atomic E-state index is 13.8. The summed E-state index contributed by atoms with van der Waals surface area (Å²) >= 11 is 2.32. The van der Waals surface area contributed by atoms with E-state index in [0.717, 1.165) is 13.1 Å². The Labute approximate surface area is 179 Å². The third-order valence-electron chi connectivity index (χ3n) is 5.74. The second-order valence-electron chi connectivity index (χ2n) is 7.70. The molecule has 2 unspecified atom stereocenters. The van der Waals surface area contributed by atoms with Crippen LogP contribution >= 0.6 is 22.6 Å². The molecule has 0 bridgehead atoms. The van der Waals surface area contributed by atoms with Crippen molar-refractivity contribution in [3.05, 3.63) is 63.5 Å². The largest absolute Gasteiger partial charge is 0.302 e. The van der Waals surface area contributed by atoms with Crippen molar-refractivity contribution >= 4 is 38.5 Å². The Morgan fingerprint density at radius 1 is 1.25 bits per heavy atom. The van der Waals surface area contributed by atoms with E-state index < -0.39 is 21.6 Å². The Balaban J connectivity index is 1.59. The molecular weight excluding hydrogens is 492 g/mol. The first-order chi connectivity index (χ1) is 13.3. The third-order valence-corrected chi connectivity index (χ3v) is 7.99. The summed E-state index contributed by atoms with van der Waals surface area (Å²) in [7, 11) is -3.67. The van der Waals surface area contributed by atoms with E-state index in [1.165, 1.54) is 25.6 Å². The zero-order chi connectivity index (χ0) is 19.9. The highest BCUT2D eigenvalue weighted by Crippen LogP contribution is 2.41. The summed E-state index contributed by atoms with van der Waals surface area (Å²) in [6, 6.07) is 14.5. The Kier molecular flexibility index (Phi) is 5.41. The molecular formula is C20H23FIN3O2S. The summed E-state index contributed by atoms with van der Waals surface area (Å²) in [4.78, 5) is 2.39. The molecule has 2 aliphatic rings. The highest BCUT2D eigenvalue weighted by Gasteiger charge is 2.52. The zero-order valence-electron chi connectivity index (χ0n) is 15.6. The molecule has 0 aromatic heterocycles. The number of halogens is 2. The molecule has 0 saturated carbocycles. The van der Waals surface area contributed by atoms with E-state index in [1.54, 1.807) is 12.1 Å². The van der Waals surface area contributed by atoms with Crippen LogP contribution in [0.5, 0.6) is 0 Å². The van der Waals surface area contributed by atoms with Crippen molar-refractivity contribution in [2.24, 2.45) is 0 Å². The number of nitrogens with zero attached hydrogens (tertiary/aromatic N) is 2. The van der Waals surface area contributed by atoms with E-state index in [1.807, 2.05) is 0 Å². The SMILES string of the molecule is CC1CC2(CCN1Cc1cccc(I)c1)CNS(=O)(=O)N2c1cccc(F)c1. The van der Waals surface area contributed by atoms with Crippen LogP contribution < -0.4 is 9.03 Å². The molecule has 2 aromatic carbocycles. The number of rotatable bonds is 3. The first-order valence-corrected chi connectivity index (χ1v) is 11.9. The van der Waals surface area contributed by atoms with Crippen LogP contribution in [0.2, 0.25) is 0 Å². The van der Waals surface area contributed by atoms with Crippen molar-refractivity contribution in [2.75, 3.05) is 17.4 Å². The molecule has 0 aliphatic carbocycles. The molecule has 2 aromatic rings. The average Bonchev–Trinajstić information content (AvgIpc) is 2.88. The van der Waals surface area contributed by atoms with Gasteiger partial charge < -0.3 is 0 Å². The van der Waals surface area contributed by atoms with Gasteiger partial charge in [-0.1, -0.05) is 18.2 Å². The van der Waals surface area contributed by atoms with Crippen molar-refractivity contribution in [3.63, 3.8) is 0 Å². The number of piperidine rings is 1. The third kappa shape index (κ3) is 3.79. The molecule has 1 spiro atoms. The van der Waals surface area contributed by atoms with Gasteiger partial charge in [0.05, 0.1) is 11.2 Å². The maximum Gasteiger partial charge on any atom is 0.302 e. The van der Waals surface area contributed by atoms with E-state index in [9.17, 15) is 12.8 Å². The van der Waals surface area contributed by atoms with Gasteiger partial charge in [-0.2, -0.15) is 13.1 Å². The fraction of sp³-hybridized carbons (Fsp3) is 0.400. The molecule has 2 heterocycles. The Bertz CT molecular complexity index is 987. The van der Waals surface area contributed by atoms with Crippen molar-refractivity contribution in [3.8, 4) is 0 Å². The standard InChI is InChI=1S/C20H23FIN3O2S/c1-15-12-20(8-9-24(15)13-16-4-2-6-18(22)10-16)14-23-28(26,27)25(20)19-7-3-5-17(21)11-19/h2-7,10-11,15,23H,8-9,12-14H2,1H3. The smallest absolute Gasteiger partial charge is 0.296 e. The first-order valence-electron chi connectivity index (χ1n) is 9.33. The Morgan fingerprint density at radius 2 is 2.04 bits per heavy atom. The lowest BCUT2D eigenvalue weighted by Gasteiger charge is -2.47. The number of anilines is 1. The molecule has 1 N–H and O–H groups in total. The highest BCUT2D eigenvalue weighted by molar-refractivity contribution is 14.1. The van der Waals surface area contributed by atoms with Gasteiger partial charge in [-0.25, -0.2) is 4.39 Å². The minimum atomic E-state index is -3.67. The summed E-state index contributed by atoms with van der Waals surface area (Å²) in [6.07, 6.45) is 1.39. The van der Waals surface area contributed by atoms with Gasteiger partial charge in [0, 0.05) is 29.2 Å². The van der Waals surface area contributed by atoms with E-state index in [4.69, 9.17) is 0 Å². The van der Waals surface area contributed by atoms with Gasteiger partial charge in [-0.3, -0.25) is 9.21 Å². The van der Waals surface area contributed by atoms with Gasteiger partial charge in [0.15, 0.2) is 0 Å². The van der Waals surface area contributed by atoms with Crippen molar-refractivity contribution in [2.45, 2.75) is 37.9 Å². The Hall–Kier alpha value is -1.23. The fourth-order valence-electron chi connectivity index (χ4n) is 4.43. The number of nitrogens with one attached hydrogen (secondary N) is 1. The minimum absolute atomic E-state index is 0.206. The lowest BCUT2D eigenvalue weighted by Crippen LogP contribution is -2.57. The molecule has 2 atom stereocenters. The molecule has 2 fully saturated rings. The second-order valence-corrected chi connectivity index (χ2v) is 10.5. The summed E-state index contributed by atoms with van der Waals surface area (Å²) in [5.74, 6) is -0.432. The van der Waals surface area contributed by atoms with E-state index in [-0.39, 0.29) is 6.04 Å². The zero-order valence-corrected chi connectivity index (χ0v) is 18.6. The van der Waals surface area contributed by atoms with Gasteiger partial charge in [0.1, 0.15) is 5.82 Å². The topological polar surface area (TPSA) is 52.7 Å². The number of benzene rings is 2. The monoisotopic (exact) mass is 515 g/mol. The number of hydrogen-bond donors (Lipinski definition) is 1. The number of hydrogen-bond acceptors (Lipinski definition) is 3. The van der Waals surface area contributed by atoms with Crippen molar-refractivity contribution < 1.29 is 12.8 Å². The van der Waals surface area contributed by atoms with Gasteiger partial charge in [-0.05, 0) is 78.3 Å². The van der Waals surface area contributed by atoms with Crippen LogP contribution in [0.15, 0.2) is 48.5 Å². The van der Waals surface area contributed by atoms with Gasteiger partial charge in [0.2, 0.25) is 0 Å². The molecule has 2 saturated heterocycles. The van der Waals surface area contributed by atoms with Crippen LogP contribution in [0.25, 0.3) is 0 Å². The van der Waals surface area contributed by atoms with Crippen LogP contribution in [0.3, 0.4) is 0 Å². The summed E-state index contributed by atoms with van der Waals surface area (Å²) < 4.78 is 44.6. The average molecular weight is 515 g/mol. The van der Waals surface area contributed by atoms with Crippen LogP contribution in [0.4, 0.5) is 10.1 Å². The van der Waals surface area contributed by atoms with Crippen LogP contribution in [0.1, 0.15) is 25.3 Å².